The molecule has 0 radical (unpaired) electrons. The van der Waals surface area contributed by atoms with E-state index < -0.39 is 17.7 Å². The minimum absolute atomic E-state index is 0.0425. The monoisotopic (exact) mass is 349 g/mol. The van der Waals surface area contributed by atoms with E-state index in [1.54, 1.807) is 4.90 Å². The zero-order valence-electron chi connectivity index (χ0n) is 12.7. The van der Waals surface area contributed by atoms with Gasteiger partial charge in [0.25, 0.3) is 5.92 Å². The molecule has 4 nitrogen and oxygen atoms in total. The summed E-state index contributed by atoms with van der Waals surface area (Å²) in [6, 6.07) is 2.22. The summed E-state index contributed by atoms with van der Waals surface area (Å²) in [5, 5.41) is 0. The summed E-state index contributed by atoms with van der Waals surface area (Å²) in [4.78, 5) is 19.2. The van der Waals surface area contributed by atoms with E-state index in [0.29, 0.717) is 18.9 Å². The first-order chi connectivity index (χ1) is 11.2. The molecule has 0 aromatic carbocycles. The van der Waals surface area contributed by atoms with Gasteiger partial charge in [0.1, 0.15) is 5.82 Å². The number of rotatable bonds is 2. The molecule has 3 heterocycles. The number of piperidine rings is 1. The van der Waals surface area contributed by atoms with Crippen LogP contribution in [0.1, 0.15) is 18.4 Å². The number of carbonyl (C=O) groups excluding carboxylic acids is 1. The molecule has 2 aliphatic rings. The summed E-state index contributed by atoms with van der Waals surface area (Å²) in [5.74, 6) is -2.82. The largest absolute Gasteiger partial charge is 0.417 e. The van der Waals surface area contributed by atoms with E-state index in [2.05, 4.69) is 4.98 Å². The number of hydrogen-bond acceptors (Lipinski definition) is 3. The van der Waals surface area contributed by atoms with Crippen molar-refractivity contribution in [3.63, 3.8) is 0 Å². The molecule has 0 spiro atoms. The van der Waals surface area contributed by atoms with Gasteiger partial charge in [-0.2, -0.15) is 13.2 Å². The first-order valence-corrected chi connectivity index (χ1v) is 7.60. The molecule has 0 unspecified atom stereocenters. The summed E-state index contributed by atoms with van der Waals surface area (Å²) in [6.07, 6.45) is -4.32. The molecular weight excluding hydrogens is 333 g/mol. The topological polar surface area (TPSA) is 36.4 Å². The maximum Gasteiger partial charge on any atom is 0.417 e. The third-order valence-corrected chi connectivity index (χ3v) is 4.44. The van der Waals surface area contributed by atoms with Crippen LogP contribution in [0.4, 0.5) is 27.8 Å². The molecule has 1 amide bonds. The fourth-order valence-electron chi connectivity index (χ4n) is 2.88. The second-order valence-corrected chi connectivity index (χ2v) is 6.19. The van der Waals surface area contributed by atoms with Crippen LogP contribution in [-0.2, 0) is 11.0 Å². The van der Waals surface area contributed by atoms with Crippen molar-refractivity contribution in [1.29, 1.82) is 0 Å². The van der Waals surface area contributed by atoms with Crippen LogP contribution in [0.2, 0.25) is 0 Å². The molecule has 1 aromatic heterocycles. The number of alkyl halides is 5. The lowest BCUT2D eigenvalue weighted by Crippen LogP contribution is -2.56. The lowest BCUT2D eigenvalue weighted by molar-refractivity contribution is -0.142. The molecule has 0 saturated carbocycles. The second kappa shape index (κ2) is 5.86. The average Bonchev–Trinajstić information content (AvgIpc) is 2.45. The molecule has 2 saturated heterocycles. The van der Waals surface area contributed by atoms with E-state index in [1.807, 2.05) is 0 Å². The first-order valence-electron chi connectivity index (χ1n) is 7.60. The molecule has 0 aliphatic carbocycles. The number of hydrogen-bond donors (Lipinski definition) is 0. The van der Waals surface area contributed by atoms with Crippen LogP contribution in [-0.4, -0.2) is 47.9 Å². The molecule has 9 heteroatoms. The van der Waals surface area contributed by atoms with Crippen molar-refractivity contribution in [2.45, 2.75) is 24.9 Å². The number of pyridine rings is 1. The van der Waals surface area contributed by atoms with Gasteiger partial charge in [0, 0.05) is 45.2 Å². The lowest BCUT2D eigenvalue weighted by Gasteiger charge is -2.42. The Labute approximate surface area is 135 Å². The van der Waals surface area contributed by atoms with Crippen LogP contribution >= 0.6 is 0 Å². The SMILES string of the molecule is O=C(C1CN(c2ccc(C(F)(F)F)cn2)C1)N1CCC(F)(F)CC1. The molecule has 2 aliphatic heterocycles. The number of carbonyl (C=O) groups is 1. The Bertz CT molecular complexity index is 601. The maximum absolute atomic E-state index is 13.1. The van der Waals surface area contributed by atoms with Crippen molar-refractivity contribution in [2.75, 3.05) is 31.1 Å². The van der Waals surface area contributed by atoms with Gasteiger partial charge in [-0.15, -0.1) is 0 Å². The van der Waals surface area contributed by atoms with Gasteiger partial charge in [-0.25, -0.2) is 13.8 Å². The van der Waals surface area contributed by atoms with Gasteiger partial charge in [0.2, 0.25) is 5.91 Å². The number of aromatic nitrogens is 1. The van der Waals surface area contributed by atoms with Crippen LogP contribution in [0.3, 0.4) is 0 Å². The predicted octanol–water partition coefficient (Wildman–Crippen LogP) is 2.79. The van der Waals surface area contributed by atoms with Crippen molar-refractivity contribution < 1.29 is 26.7 Å². The fourth-order valence-corrected chi connectivity index (χ4v) is 2.88. The summed E-state index contributed by atoms with van der Waals surface area (Å²) in [7, 11) is 0. The zero-order chi connectivity index (χ0) is 17.5. The van der Waals surface area contributed by atoms with Gasteiger partial charge < -0.3 is 9.80 Å². The molecule has 0 bridgehead atoms. The molecule has 3 rings (SSSR count). The van der Waals surface area contributed by atoms with E-state index >= 15 is 0 Å². The number of nitrogens with zero attached hydrogens (tertiary/aromatic N) is 3. The van der Waals surface area contributed by atoms with Crippen LogP contribution in [0.25, 0.3) is 0 Å². The van der Waals surface area contributed by atoms with Crippen molar-refractivity contribution in [1.82, 2.24) is 9.88 Å². The van der Waals surface area contributed by atoms with E-state index in [0.717, 1.165) is 12.3 Å². The highest BCUT2D eigenvalue weighted by Gasteiger charge is 2.41. The smallest absolute Gasteiger partial charge is 0.355 e. The van der Waals surface area contributed by atoms with Crippen LogP contribution < -0.4 is 4.90 Å². The summed E-state index contributed by atoms with van der Waals surface area (Å²) in [6.45, 7) is 0.760. The molecular formula is C15H16F5N3O. The Balaban J connectivity index is 1.53. The Morgan fingerprint density at radius 2 is 1.79 bits per heavy atom. The molecule has 2 fully saturated rings. The van der Waals surface area contributed by atoms with Crippen molar-refractivity contribution >= 4 is 11.7 Å². The first kappa shape index (κ1) is 16.9. The average molecular weight is 349 g/mol. The predicted molar refractivity (Wildman–Crippen MR) is 75.7 cm³/mol. The number of anilines is 1. The Morgan fingerprint density at radius 3 is 2.29 bits per heavy atom. The third kappa shape index (κ3) is 3.44. The standard InChI is InChI=1S/C15H16F5N3O/c16-14(17)3-5-22(6-4-14)13(24)10-8-23(9-10)12-2-1-11(7-21-12)15(18,19)20/h1-2,7,10H,3-6,8-9H2. The van der Waals surface area contributed by atoms with Crippen molar-refractivity contribution in [3.05, 3.63) is 23.9 Å². The fraction of sp³-hybridized carbons (Fsp3) is 0.600. The zero-order valence-corrected chi connectivity index (χ0v) is 12.7. The van der Waals surface area contributed by atoms with E-state index in [1.165, 1.54) is 11.0 Å². The van der Waals surface area contributed by atoms with E-state index in [9.17, 15) is 26.7 Å². The summed E-state index contributed by atoms with van der Waals surface area (Å²) >= 11 is 0. The van der Waals surface area contributed by atoms with E-state index in [4.69, 9.17) is 0 Å². The van der Waals surface area contributed by atoms with Gasteiger partial charge >= 0.3 is 6.18 Å². The van der Waals surface area contributed by atoms with Gasteiger partial charge in [-0.05, 0) is 12.1 Å². The van der Waals surface area contributed by atoms with Gasteiger partial charge in [-0.1, -0.05) is 0 Å². The third-order valence-electron chi connectivity index (χ3n) is 4.44. The van der Waals surface area contributed by atoms with Crippen LogP contribution in [0, 0.1) is 5.92 Å². The normalized spacial score (nSPS) is 21.5. The Morgan fingerprint density at radius 1 is 1.17 bits per heavy atom. The molecule has 132 valence electrons. The van der Waals surface area contributed by atoms with Gasteiger partial charge in [0.05, 0.1) is 11.5 Å². The molecule has 1 aromatic rings. The quantitative estimate of drug-likeness (QED) is 0.771. The Hall–Kier alpha value is -1.93. The van der Waals surface area contributed by atoms with Crippen LogP contribution in [0.15, 0.2) is 18.3 Å². The number of amides is 1. The molecule has 0 atom stereocenters. The highest BCUT2D eigenvalue weighted by atomic mass is 19.4. The van der Waals surface area contributed by atoms with Crippen molar-refractivity contribution in [2.24, 2.45) is 5.92 Å². The highest BCUT2D eigenvalue weighted by molar-refractivity contribution is 5.82. The summed E-state index contributed by atoms with van der Waals surface area (Å²) in [5.41, 5.74) is -0.825. The molecule has 24 heavy (non-hydrogen) atoms. The second-order valence-electron chi connectivity index (χ2n) is 6.19. The minimum Gasteiger partial charge on any atom is -0.355 e. The Kier molecular flexibility index (Phi) is 4.13. The molecule has 0 N–H and O–H groups in total. The number of halogens is 5. The lowest BCUT2D eigenvalue weighted by atomic mass is 9.96. The van der Waals surface area contributed by atoms with Crippen molar-refractivity contribution in [3.8, 4) is 0 Å². The van der Waals surface area contributed by atoms with Crippen LogP contribution in [0.5, 0.6) is 0 Å². The highest BCUT2D eigenvalue weighted by Crippen LogP contribution is 2.32. The number of likely N-dealkylation sites (tertiary alicyclic amines) is 1. The van der Waals surface area contributed by atoms with Gasteiger partial charge in [0.15, 0.2) is 0 Å². The van der Waals surface area contributed by atoms with Gasteiger partial charge in [-0.3, -0.25) is 4.79 Å². The maximum atomic E-state index is 13.1. The summed E-state index contributed by atoms with van der Waals surface area (Å²) < 4.78 is 63.7. The minimum atomic E-state index is -4.44. The van der Waals surface area contributed by atoms with E-state index in [-0.39, 0.29) is 37.8 Å².